The monoisotopic (exact) mass is 374 g/mol. The number of likely N-dealkylation sites (tertiary alicyclic amines) is 2. The Labute approximate surface area is 160 Å². The highest BCUT2D eigenvalue weighted by molar-refractivity contribution is 5.93. The highest BCUT2D eigenvalue weighted by atomic mass is 16.2. The lowest BCUT2D eigenvalue weighted by atomic mass is 9.78. The standard InChI is InChI=1S/C19H30N6O2/c1-2-23-10-3-8-19(18(23)27)9-11-24(13-19)17(26)16-12-25(22-21-16)15-6-4-14(20)5-7-15/h12,14-15H,2-11,13,20H2,1H3/t14?,15?,19-/m1/s1. The first-order valence-electron chi connectivity index (χ1n) is 10.3. The number of carbonyl (C=O) groups is 2. The molecule has 1 aromatic heterocycles. The average Bonchev–Trinajstić information content (AvgIpc) is 3.33. The fraction of sp³-hybridized carbons (Fsp3) is 0.789. The molecule has 2 N–H and O–H groups in total. The topological polar surface area (TPSA) is 97.3 Å². The summed E-state index contributed by atoms with van der Waals surface area (Å²) in [6, 6.07) is 0.559. The third-order valence-electron chi connectivity index (χ3n) is 6.69. The van der Waals surface area contributed by atoms with Crippen LogP contribution in [0.3, 0.4) is 0 Å². The van der Waals surface area contributed by atoms with E-state index in [1.54, 1.807) is 11.1 Å². The lowest BCUT2D eigenvalue weighted by Gasteiger charge is -2.38. The van der Waals surface area contributed by atoms with Crippen LogP contribution >= 0.6 is 0 Å². The minimum absolute atomic E-state index is 0.105. The van der Waals surface area contributed by atoms with Crippen molar-refractivity contribution in [3.8, 4) is 0 Å². The summed E-state index contributed by atoms with van der Waals surface area (Å²) < 4.78 is 1.83. The van der Waals surface area contributed by atoms with E-state index < -0.39 is 0 Å². The maximum Gasteiger partial charge on any atom is 0.276 e. The molecule has 3 fully saturated rings. The summed E-state index contributed by atoms with van der Waals surface area (Å²) in [6.07, 6.45) is 8.34. The first-order valence-corrected chi connectivity index (χ1v) is 10.3. The van der Waals surface area contributed by atoms with Crippen molar-refractivity contribution in [1.29, 1.82) is 0 Å². The van der Waals surface area contributed by atoms with Gasteiger partial charge >= 0.3 is 0 Å². The molecule has 2 saturated heterocycles. The zero-order chi connectivity index (χ0) is 19.0. The molecular formula is C19H30N6O2. The molecule has 1 aliphatic carbocycles. The highest BCUT2D eigenvalue weighted by Crippen LogP contribution is 2.40. The molecule has 2 amide bonds. The molecule has 27 heavy (non-hydrogen) atoms. The maximum absolute atomic E-state index is 12.9. The van der Waals surface area contributed by atoms with Crippen molar-refractivity contribution in [2.45, 2.75) is 64.0 Å². The van der Waals surface area contributed by atoms with Crippen LogP contribution in [-0.2, 0) is 4.79 Å². The van der Waals surface area contributed by atoms with Crippen LogP contribution in [0.25, 0.3) is 0 Å². The van der Waals surface area contributed by atoms with Gasteiger partial charge in [0.2, 0.25) is 5.91 Å². The van der Waals surface area contributed by atoms with Gasteiger partial charge in [0.25, 0.3) is 5.91 Å². The van der Waals surface area contributed by atoms with E-state index in [2.05, 4.69) is 10.3 Å². The van der Waals surface area contributed by atoms with Gasteiger partial charge in [0.15, 0.2) is 5.69 Å². The van der Waals surface area contributed by atoms with E-state index in [1.807, 2.05) is 16.5 Å². The molecule has 148 valence electrons. The number of carbonyl (C=O) groups excluding carboxylic acids is 2. The van der Waals surface area contributed by atoms with E-state index in [-0.39, 0.29) is 29.3 Å². The molecule has 0 radical (unpaired) electrons. The number of piperidine rings is 1. The van der Waals surface area contributed by atoms with Gasteiger partial charge in [0.1, 0.15) is 0 Å². The van der Waals surface area contributed by atoms with Crippen LogP contribution in [0.4, 0.5) is 0 Å². The van der Waals surface area contributed by atoms with E-state index >= 15 is 0 Å². The van der Waals surface area contributed by atoms with Crippen molar-refractivity contribution in [3.63, 3.8) is 0 Å². The second-order valence-corrected chi connectivity index (χ2v) is 8.40. The molecule has 4 rings (SSSR count). The molecule has 2 aliphatic heterocycles. The Morgan fingerprint density at radius 2 is 2.04 bits per heavy atom. The van der Waals surface area contributed by atoms with Crippen LogP contribution in [0, 0.1) is 5.41 Å². The molecule has 3 heterocycles. The van der Waals surface area contributed by atoms with Gasteiger partial charge in [0.05, 0.1) is 17.7 Å². The highest BCUT2D eigenvalue weighted by Gasteiger charge is 2.49. The molecule has 3 aliphatic rings. The smallest absolute Gasteiger partial charge is 0.276 e. The third-order valence-corrected chi connectivity index (χ3v) is 6.69. The largest absolute Gasteiger partial charge is 0.342 e. The fourth-order valence-corrected chi connectivity index (χ4v) is 4.96. The van der Waals surface area contributed by atoms with Gasteiger partial charge in [-0.15, -0.1) is 5.10 Å². The van der Waals surface area contributed by atoms with Crippen LogP contribution in [-0.4, -0.2) is 68.8 Å². The van der Waals surface area contributed by atoms with Crippen molar-refractivity contribution in [3.05, 3.63) is 11.9 Å². The third kappa shape index (κ3) is 3.35. The minimum Gasteiger partial charge on any atom is -0.342 e. The normalized spacial score (nSPS) is 31.7. The molecule has 1 aromatic rings. The number of nitrogens with zero attached hydrogens (tertiary/aromatic N) is 5. The summed E-state index contributed by atoms with van der Waals surface area (Å²) in [5.41, 5.74) is 5.97. The van der Waals surface area contributed by atoms with Gasteiger partial charge in [-0.25, -0.2) is 4.68 Å². The van der Waals surface area contributed by atoms with E-state index in [1.165, 1.54) is 0 Å². The summed E-state index contributed by atoms with van der Waals surface area (Å²) in [5, 5.41) is 8.34. The van der Waals surface area contributed by atoms with Crippen LogP contribution in [0.1, 0.15) is 68.4 Å². The summed E-state index contributed by atoms with van der Waals surface area (Å²) in [6.45, 7) is 4.73. The number of rotatable bonds is 3. The van der Waals surface area contributed by atoms with Crippen molar-refractivity contribution in [1.82, 2.24) is 24.8 Å². The van der Waals surface area contributed by atoms with Crippen LogP contribution in [0.5, 0.6) is 0 Å². The van der Waals surface area contributed by atoms with Gasteiger partial charge in [0, 0.05) is 32.2 Å². The van der Waals surface area contributed by atoms with E-state index in [0.29, 0.717) is 18.8 Å². The van der Waals surface area contributed by atoms with Gasteiger partial charge in [-0.1, -0.05) is 5.21 Å². The Bertz CT molecular complexity index is 711. The SMILES string of the molecule is CCN1CCC[C@]2(CCN(C(=O)c3cn(C4CCC(N)CC4)nn3)C2)C1=O. The Balaban J connectivity index is 1.43. The molecular weight excluding hydrogens is 344 g/mol. The molecule has 8 heteroatoms. The van der Waals surface area contributed by atoms with Crippen molar-refractivity contribution >= 4 is 11.8 Å². The van der Waals surface area contributed by atoms with Crippen molar-refractivity contribution < 1.29 is 9.59 Å². The Morgan fingerprint density at radius 3 is 2.78 bits per heavy atom. The van der Waals surface area contributed by atoms with Gasteiger partial charge < -0.3 is 15.5 Å². The van der Waals surface area contributed by atoms with Crippen molar-refractivity contribution in [2.24, 2.45) is 11.1 Å². The second-order valence-electron chi connectivity index (χ2n) is 8.40. The van der Waals surface area contributed by atoms with Crippen molar-refractivity contribution in [2.75, 3.05) is 26.2 Å². The van der Waals surface area contributed by atoms with Gasteiger partial charge in [-0.05, 0) is 51.9 Å². The summed E-state index contributed by atoms with van der Waals surface area (Å²) in [7, 11) is 0. The predicted molar refractivity (Wildman–Crippen MR) is 99.9 cm³/mol. The Hall–Kier alpha value is -1.96. The number of nitrogens with two attached hydrogens (primary N) is 1. The summed E-state index contributed by atoms with van der Waals surface area (Å²) >= 11 is 0. The zero-order valence-corrected chi connectivity index (χ0v) is 16.1. The fourth-order valence-electron chi connectivity index (χ4n) is 4.96. The predicted octanol–water partition coefficient (Wildman–Crippen LogP) is 1.20. The van der Waals surface area contributed by atoms with E-state index in [9.17, 15) is 9.59 Å². The molecule has 1 saturated carbocycles. The van der Waals surface area contributed by atoms with Crippen LogP contribution < -0.4 is 5.73 Å². The number of hydrogen-bond acceptors (Lipinski definition) is 5. The average molecular weight is 374 g/mol. The van der Waals surface area contributed by atoms with Crippen LogP contribution in [0.15, 0.2) is 6.20 Å². The maximum atomic E-state index is 12.9. The minimum atomic E-state index is -0.389. The lowest BCUT2D eigenvalue weighted by Crippen LogP contribution is -2.50. The number of hydrogen-bond donors (Lipinski definition) is 1. The Morgan fingerprint density at radius 1 is 1.26 bits per heavy atom. The Kier molecular flexibility index (Phi) is 4.92. The first kappa shape index (κ1) is 18.4. The van der Waals surface area contributed by atoms with Gasteiger partial charge in [-0.3, -0.25) is 9.59 Å². The quantitative estimate of drug-likeness (QED) is 0.857. The summed E-state index contributed by atoms with van der Waals surface area (Å²) in [4.78, 5) is 29.5. The second kappa shape index (κ2) is 7.22. The molecule has 1 atom stereocenters. The van der Waals surface area contributed by atoms with Gasteiger partial charge in [-0.2, -0.15) is 0 Å². The first-order chi connectivity index (χ1) is 13.0. The molecule has 1 spiro atoms. The lowest BCUT2D eigenvalue weighted by molar-refractivity contribution is -0.145. The number of aromatic nitrogens is 3. The molecule has 8 nitrogen and oxygen atoms in total. The van der Waals surface area contributed by atoms with E-state index in [4.69, 9.17) is 5.73 Å². The number of amides is 2. The van der Waals surface area contributed by atoms with Crippen LogP contribution in [0.2, 0.25) is 0 Å². The molecule has 0 bridgehead atoms. The molecule has 0 aromatic carbocycles. The molecule has 0 unspecified atom stereocenters. The van der Waals surface area contributed by atoms with E-state index in [0.717, 1.165) is 58.0 Å². The summed E-state index contributed by atoms with van der Waals surface area (Å²) in [5.74, 6) is 0.112. The zero-order valence-electron chi connectivity index (χ0n) is 16.1.